The lowest BCUT2D eigenvalue weighted by atomic mass is 9.83. The molecule has 0 radical (unpaired) electrons. The zero-order valence-corrected chi connectivity index (χ0v) is 16.9. The van der Waals surface area contributed by atoms with Crippen LogP contribution < -0.4 is 15.2 Å². The van der Waals surface area contributed by atoms with Gasteiger partial charge < -0.3 is 20.3 Å². The lowest BCUT2D eigenvalue weighted by molar-refractivity contribution is 0.0552. The number of benzene rings is 3. The molecule has 3 N–H and O–H groups in total. The molecule has 1 fully saturated rings. The maximum atomic E-state index is 11.3. The fraction of sp³-hybridized carbons (Fsp3) is 0.364. The second-order valence-electron chi connectivity index (χ2n) is 7.57. The summed E-state index contributed by atoms with van der Waals surface area (Å²) in [7, 11) is 3.30. The molecular formula is C22H25ClN2O3. The Labute approximate surface area is 170 Å². The van der Waals surface area contributed by atoms with E-state index >= 15 is 0 Å². The number of halogens is 1. The van der Waals surface area contributed by atoms with Crippen molar-refractivity contribution in [3.63, 3.8) is 0 Å². The fourth-order valence-corrected chi connectivity index (χ4v) is 4.99. The molecule has 0 unspecified atom stereocenters. The molecule has 0 aromatic heterocycles. The first kappa shape index (κ1) is 19.1. The monoisotopic (exact) mass is 400 g/mol. The highest BCUT2D eigenvalue weighted by atomic mass is 35.5. The van der Waals surface area contributed by atoms with Gasteiger partial charge in [-0.1, -0.05) is 6.07 Å². The Hall–Kier alpha value is -2.21. The molecule has 2 aliphatic heterocycles. The summed E-state index contributed by atoms with van der Waals surface area (Å²) in [5.74, 6) is 1.40. The summed E-state index contributed by atoms with van der Waals surface area (Å²) < 4.78 is 11.1. The number of anilines is 1. The molecule has 1 saturated heterocycles. The van der Waals surface area contributed by atoms with Crippen LogP contribution in [0.4, 0.5) is 5.69 Å². The Morgan fingerprint density at radius 2 is 1.68 bits per heavy atom. The first-order valence-electron chi connectivity index (χ1n) is 9.44. The average Bonchev–Trinajstić information content (AvgIpc) is 3.16. The van der Waals surface area contributed by atoms with E-state index in [4.69, 9.17) is 15.2 Å². The molecule has 3 aromatic rings. The van der Waals surface area contributed by atoms with Crippen LogP contribution in [0.15, 0.2) is 30.3 Å². The maximum Gasteiger partial charge on any atom is 0.161 e. The number of hydrogen-bond acceptors (Lipinski definition) is 5. The number of nitrogen functional groups attached to an aromatic ring is 1. The van der Waals surface area contributed by atoms with E-state index in [2.05, 4.69) is 4.90 Å². The van der Waals surface area contributed by atoms with Crippen molar-refractivity contribution in [2.45, 2.75) is 31.5 Å². The zero-order chi connectivity index (χ0) is 18.7. The van der Waals surface area contributed by atoms with Gasteiger partial charge in [0.05, 0.1) is 20.3 Å². The number of nitrogens with two attached hydrogens (primary N) is 1. The minimum absolute atomic E-state index is 0. The van der Waals surface area contributed by atoms with Crippen molar-refractivity contribution in [1.82, 2.24) is 4.90 Å². The van der Waals surface area contributed by atoms with Gasteiger partial charge in [-0.25, -0.2) is 0 Å². The molecule has 0 saturated carbocycles. The van der Waals surface area contributed by atoms with Crippen LogP contribution in [0.5, 0.6) is 11.5 Å². The SMILES string of the molecule is COc1cc2c3c(c4ccc(N)cc4c2cc1OC)[C@H](O)[C@@H]1CCCN1C3.Cl. The van der Waals surface area contributed by atoms with Crippen LogP contribution in [0.1, 0.15) is 30.1 Å². The van der Waals surface area contributed by atoms with E-state index < -0.39 is 6.10 Å². The second-order valence-corrected chi connectivity index (χ2v) is 7.57. The Morgan fingerprint density at radius 1 is 1.00 bits per heavy atom. The molecule has 28 heavy (non-hydrogen) atoms. The topological polar surface area (TPSA) is 68.0 Å². The molecule has 2 aliphatic rings. The van der Waals surface area contributed by atoms with Crippen LogP contribution >= 0.6 is 12.4 Å². The summed E-state index contributed by atoms with van der Waals surface area (Å²) >= 11 is 0. The number of aliphatic hydroxyl groups is 1. The molecule has 5 nitrogen and oxygen atoms in total. The third-order valence-electron chi connectivity index (χ3n) is 6.23. The van der Waals surface area contributed by atoms with Crippen molar-refractivity contribution < 1.29 is 14.6 Å². The molecular weight excluding hydrogens is 376 g/mol. The molecule has 0 aliphatic carbocycles. The summed E-state index contributed by atoms with van der Waals surface area (Å²) in [5.41, 5.74) is 9.06. The van der Waals surface area contributed by atoms with Crippen LogP contribution in [0.25, 0.3) is 21.5 Å². The number of hydrogen-bond donors (Lipinski definition) is 2. The maximum absolute atomic E-state index is 11.3. The summed E-state index contributed by atoms with van der Waals surface area (Å²) in [5, 5.41) is 15.6. The van der Waals surface area contributed by atoms with Gasteiger partial charge in [-0.2, -0.15) is 0 Å². The first-order chi connectivity index (χ1) is 13.1. The quantitative estimate of drug-likeness (QED) is 0.502. The summed E-state index contributed by atoms with van der Waals surface area (Å²) in [6.07, 6.45) is 1.69. The van der Waals surface area contributed by atoms with Crippen LogP contribution in [-0.4, -0.2) is 36.8 Å². The van der Waals surface area contributed by atoms with Gasteiger partial charge in [0.25, 0.3) is 0 Å². The van der Waals surface area contributed by atoms with Gasteiger partial charge in [-0.05, 0) is 76.3 Å². The van der Waals surface area contributed by atoms with Crippen molar-refractivity contribution >= 4 is 39.6 Å². The third-order valence-corrected chi connectivity index (χ3v) is 6.23. The molecule has 0 bridgehead atoms. The zero-order valence-electron chi connectivity index (χ0n) is 16.1. The van der Waals surface area contributed by atoms with Crippen molar-refractivity contribution in [2.24, 2.45) is 0 Å². The highest BCUT2D eigenvalue weighted by Crippen LogP contribution is 2.47. The average molecular weight is 401 g/mol. The van der Waals surface area contributed by atoms with E-state index in [1.165, 1.54) is 5.56 Å². The summed E-state index contributed by atoms with van der Waals surface area (Å²) in [6, 6.07) is 10.2. The normalized spacial score (nSPS) is 21.2. The Bertz CT molecular complexity index is 1070. The van der Waals surface area contributed by atoms with Gasteiger partial charge >= 0.3 is 0 Å². The molecule has 0 amide bonds. The van der Waals surface area contributed by atoms with Gasteiger partial charge in [0.2, 0.25) is 0 Å². The Kier molecular flexibility index (Phi) is 4.78. The van der Waals surface area contributed by atoms with E-state index in [9.17, 15) is 5.11 Å². The largest absolute Gasteiger partial charge is 0.493 e. The molecule has 5 rings (SSSR count). The first-order valence-corrected chi connectivity index (χ1v) is 9.44. The second kappa shape index (κ2) is 6.99. The highest BCUT2D eigenvalue weighted by molar-refractivity contribution is 6.12. The third kappa shape index (κ3) is 2.61. The minimum atomic E-state index is -0.486. The lowest BCUT2D eigenvalue weighted by Gasteiger charge is -2.37. The van der Waals surface area contributed by atoms with Crippen LogP contribution in [0, 0.1) is 0 Å². The number of rotatable bonds is 2. The van der Waals surface area contributed by atoms with Gasteiger partial charge in [-0.3, -0.25) is 4.90 Å². The van der Waals surface area contributed by atoms with E-state index in [1.807, 2.05) is 30.3 Å². The predicted octanol–water partition coefficient (Wildman–Crippen LogP) is 4.03. The van der Waals surface area contributed by atoms with Crippen molar-refractivity contribution in [3.05, 3.63) is 41.5 Å². The van der Waals surface area contributed by atoms with Crippen molar-refractivity contribution in [1.29, 1.82) is 0 Å². The fourth-order valence-electron chi connectivity index (χ4n) is 4.99. The van der Waals surface area contributed by atoms with E-state index in [0.29, 0.717) is 17.2 Å². The molecule has 148 valence electrons. The molecule has 6 heteroatoms. The van der Waals surface area contributed by atoms with Gasteiger partial charge in [0.15, 0.2) is 11.5 Å². The Balaban J connectivity index is 0.00000192. The number of ether oxygens (including phenoxy) is 2. The predicted molar refractivity (Wildman–Crippen MR) is 115 cm³/mol. The smallest absolute Gasteiger partial charge is 0.161 e. The van der Waals surface area contributed by atoms with Crippen LogP contribution in [0.2, 0.25) is 0 Å². The van der Waals surface area contributed by atoms with E-state index in [0.717, 1.165) is 53.0 Å². The summed E-state index contributed by atoms with van der Waals surface area (Å²) in [4.78, 5) is 2.41. The van der Waals surface area contributed by atoms with Gasteiger partial charge in [-0.15, -0.1) is 12.4 Å². The van der Waals surface area contributed by atoms with Crippen LogP contribution in [-0.2, 0) is 6.54 Å². The van der Waals surface area contributed by atoms with Gasteiger partial charge in [0.1, 0.15) is 0 Å². The lowest BCUT2D eigenvalue weighted by Crippen LogP contribution is -2.39. The molecule has 2 heterocycles. The number of aliphatic hydroxyl groups excluding tert-OH is 1. The standard InChI is InChI=1S/C22H24N2O3.ClH/c1-26-19-9-15-14-8-12(23)5-6-13(14)21-17(16(15)10-20(19)27-2)11-24-7-3-4-18(24)22(21)25;/h5-6,8-10,18,22,25H,3-4,7,11,23H2,1-2H3;1H/t18-,22+;/m0./s1. The van der Waals surface area contributed by atoms with Crippen LogP contribution in [0.3, 0.4) is 0 Å². The van der Waals surface area contributed by atoms with E-state index in [1.54, 1.807) is 14.2 Å². The van der Waals surface area contributed by atoms with Gasteiger partial charge in [0, 0.05) is 18.3 Å². The molecule has 3 aromatic carbocycles. The summed E-state index contributed by atoms with van der Waals surface area (Å²) in [6.45, 7) is 1.89. The number of nitrogens with zero attached hydrogens (tertiary/aromatic N) is 1. The van der Waals surface area contributed by atoms with Crippen molar-refractivity contribution in [3.8, 4) is 11.5 Å². The number of methoxy groups -OCH3 is 2. The highest BCUT2D eigenvalue weighted by Gasteiger charge is 2.38. The minimum Gasteiger partial charge on any atom is -0.493 e. The molecule has 0 spiro atoms. The van der Waals surface area contributed by atoms with E-state index in [-0.39, 0.29) is 18.4 Å². The molecule has 2 atom stereocenters. The Morgan fingerprint density at radius 3 is 2.39 bits per heavy atom. The number of fused-ring (bicyclic) bond motifs is 7. The van der Waals surface area contributed by atoms with Crippen molar-refractivity contribution in [2.75, 3.05) is 26.5 Å².